The Kier molecular flexibility index (Phi) is 4.60. The van der Waals surface area contributed by atoms with Crippen LogP contribution >= 0.6 is 23.1 Å². The normalized spacial score (nSPS) is 18.6. The van der Waals surface area contributed by atoms with Gasteiger partial charge in [-0.2, -0.15) is 11.8 Å². The Morgan fingerprint density at radius 2 is 2.10 bits per heavy atom. The van der Waals surface area contributed by atoms with E-state index in [4.69, 9.17) is 10.1 Å². The van der Waals surface area contributed by atoms with Gasteiger partial charge in [-0.05, 0) is 18.6 Å². The van der Waals surface area contributed by atoms with Gasteiger partial charge in [0.25, 0.3) is 0 Å². The summed E-state index contributed by atoms with van der Waals surface area (Å²) in [6, 6.07) is 9.89. The van der Waals surface area contributed by atoms with Crippen molar-refractivity contribution in [3.05, 3.63) is 40.2 Å². The number of carboxylic acid groups (broad SMARTS) is 1. The Bertz CT molecular complexity index is 618. The summed E-state index contributed by atoms with van der Waals surface area (Å²) in [6.07, 6.45) is 3.73. The Hall–Kier alpha value is -1.33. The SMILES string of the molecule is O=C(O)Cc1sc(C2CCCCS2)nc1-c1ccccc1. The zero-order valence-electron chi connectivity index (χ0n) is 11.6. The molecule has 0 radical (unpaired) electrons. The van der Waals surface area contributed by atoms with Gasteiger partial charge in [0.15, 0.2) is 0 Å². The van der Waals surface area contributed by atoms with E-state index < -0.39 is 5.97 Å². The number of carbonyl (C=O) groups is 1. The van der Waals surface area contributed by atoms with Crippen molar-refractivity contribution < 1.29 is 9.90 Å². The zero-order chi connectivity index (χ0) is 14.7. The number of carboxylic acids is 1. The molecule has 1 saturated heterocycles. The van der Waals surface area contributed by atoms with Crippen molar-refractivity contribution in [2.24, 2.45) is 0 Å². The van der Waals surface area contributed by atoms with Crippen molar-refractivity contribution in [3.63, 3.8) is 0 Å². The molecule has 1 aliphatic heterocycles. The minimum Gasteiger partial charge on any atom is -0.481 e. The van der Waals surface area contributed by atoms with Gasteiger partial charge in [-0.25, -0.2) is 4.98 Å². The number of nitrogens with zero attached hydrogens (tertiary/aromatic N) is 1. The van der Waals surface area contributed by atoms with Crippen LogP contribution in [-0.2, 0) is 11.2 Å². The first-order valence-corrected chi connectivity index (χ1v) is 8.99. The fourth-order valence-corrected chi connectivity index (χ4v) is 5.15. The molecule has 0 aliphatic carbocycles. The van der Waals surface area contributed by atoms with E-state index in [-0.39, 0.29) is 6.42 Å². The van der Waals surface area contributed by atoms with Crippen molar-refractivity contribution in [1.29, 1.82) is 0 Å². The second-order valence-corrected chi connectivity index (χ2v) is 7.54. The second kappa shape index (κ2) is 6.62. The summed E-state index contributed by atoms with van der Waals surface area (Å²) < 4.78 is 0. The van der Waals surface area contributed by atoms with Crippen LogP contribution in [0, 0.1) is 0 Å². The lowest BCUT2D eigenvalue weighted by atomic mass is 10.1. The monoisotopic (exact) mass is 319 g/mol. The van der Waals surface area contributed by atoms with Crippen LogP contribution < -0.4 is 0 Å². The molecular formula is C16H17NO2S2. The van der Waals surface area contributed by atoms with Crippen molar-refractivity contribution in [1.82, 2.24) is 4.98 Å². The van der Waals surface area contributed by atoms with Gasteiger partial charge < -0.3 is 5.11 Å². The van der Waals surface area contributed by atoms with E-state index in [1.807, 2.05) is 42.1 Å². The average Bonchev–Trinajstić information content (AvgIpc) is 2.92. The van der Waals surface area contributed by atoms with Gasteiger partial charge in [0.05, 0.1) is 17.4 Å². The molecule has 110 valence electrons. The minimum absolute atomic E-state index is 0.0548. The van der Waals surface area contributed by atoms with Gasteiger partial charge in [-0.3, -0.25) is 4.79 Å². The third-order valence-electron chi connectivity index (χ3n) is 3.53. The van der Waals surface area contributed by atoms with Crippen LogP contribution in [0.2, 0.25) is 0 Å². The molecule has 1 N–H and O–H groups in total. The summed E-state index contributed by atoms with van der Waals surface area (Å²) in [6.45, 7) is 0. The van der Waals surface area contributed by atoms with Gasteiger partial charge in [-0.1, -0.05) is 36.8 Å². The maximum atomic E-state index is 11.1. The quantitative estimate of drug-likeness (QED) is 0.907. The fraction of sp³-hybridized carbons (Fsp3) is 0.375. The number of aliphatic carboxylic acids is 1. The third-order valence-corrected chi connectivity index (χ3v) is 6.23. The Morgan fingerprint density at radius 3 is 2.76 bits per heavy atom. The van der Waals surface area contributed by atoms with Gasteiger partial charge in [0.2, 0.25) is 0 Å². The van der Waals surface area contributed by atoms with E-state index >= 15 is 0 Å². The van der Waals surface area contributed by atoms with E-state index in [1.54, 1.807) is 11.3 Å². The smallest absolute Gasteiger partial charge is 0.308 e. The molecule has 1 atom stereocenters. The molecule has 0 spiro atoms. The van der Waals surface area contributed by atoms with Crippen molar-refractivity contribution in [2.45, 2.75) is 30.9 Å². The highest BCUT2D eigenvalue weighted by Gasteiger charge is 2.23. The molecule has 0 saturated carbocycles. The molecule has 0 amide bonds. The first-order valence-electron chi connectivity index (χ1n) is 7.12. The zero-order valence-corrected chi connectivity index (χ0v) is 13.3. The summed E-state index contributed by atoms with van der Waals surface area (Å²) in [5.74, 6) is 0.387. The van der Waals surface area contributed by atoms with Gasteiger partial charge >= 0.3 is 5.97 Å². The van der Waals surface area contributed by atoms with E-state index in [1.165, 1.54) is 18.6 Å². The lowest BCUT2D eigenvalue weighted by Crippen LogP contribution is -2.01. The summed E-state index contributed by atoms with van der Waals surface area (Å²) in [7, 11) is 0. The Labute approximate surface area is 132 Å². The van der Waals surface area contributed by atoms with Gasteiger partial charge in [0.1, 0.15) is 5.01 Å². The standard InChI is InChI=1S/C16H17NO2S2/c18-14(19)10-13-15(11-6-2-1-3-7-11)17-16(21-13)12-8-4-5-9-20-12/h1-3,6-7,12H,4-5,8-10H2,(H,18,19). The minimum atomic E-state index is -0.793. The number of hydrogen-bond donors (Lipinski definition) is 1. The second-order valence-electron chi connectivity index (χ2n) is 5.12. The molecule has 1 aromatic carbocycles. The highest BCUT2D eigenvalue weighted by atomic mass is 32.2. The van der Waals surface area contributed by atoms with E-state index in [9.17, 15) is 4.79 Å². The lowest BCUT2D eigenvalue weighted by Gasteiger charge is -2.18. The molecule has 1 aromatic heterocycles. The van der Waals surface area contributed by atoms with Crippen molar-refractivity contribution >= 4 is 29.1 Å². The van der Waals surface area contributed by atoms with Crippen LogP contribution in [0.4, 0.5) is 0 Å². The van der Waals surface area contributed by atoms with Crippen LogP contribution in [0.15, 0.2) is 30.3 Å². The molecule has 3 rings (SSSR count). The number of rotatable bonds is 4. The maximum Gasteiger partial charge on any atom is 0.308 e. The highest BCUT2D eigenvalue weighted by molar-refractivity contribution is 7.99. The largest absolute Gasteiger partial charge is 0.481 e. The molecule has 0 bridgehead atoms. The lowest BCUT2D eigenvalue weighted by molar-refractivity contribution is -0.136. The van der Waals surface area contributed by atoms with E-state index in [0.29, 0.717) is 5.25 Å². The number of thiazole rings is 1. The first-order chi connectivity index (χ1) is 10.2. The average molecular weight is 319 g/mol. The van der Waals surface area contributed by atoms with Gasteiger partial charge in [-0.15, -0.1) is 11.3 Å². The number of hydrogen-bond acceptors (Lipinski definition) is 4. The maximum absolute atomic E-state index is 11.1. The summed E-state index contributed by atoms with van der Waals surface area (Å²) in [4.78, 5) is 16.8. The molecule has 3 nitrogen and oxygen atoms in total. The van der Waals surface area contributed by atoms with E-state index in [0.717, 1.165) is 27.6 Å². The number of benzene rings is 1. The Balaban J connectivity index is 1.96. The van der Waals surface area contributed by atoms with Crippen LogP contribution in [-0.4, -0.2) is 21.8 Å². The van der Waals surface area contributed by atoms with Crippen LogP contribution in [0.25, 0.3) is 11.3 Å². The number of thioether (sulfide) groups is 1. The third kappa shape index (κ3) is 3.47. The highest BCUT2D eigenvalue weighted by Crippen LogP contribution is 2.42. The summed E-state index contributed by atoms with van der Waals surface area (Å²) in [5, 5.41) is 10.7. The summed E-state index contributed by atoms with van der Waals surface area (Å²) in [5.41, 5.74) is 1.86. The molecule has 5 heteroatoms. The summed E-state index contributed by atoms with van der Waals surface area (Å²) >= 11 is 3.53. The molecule has 21 heavy (non-hydrogen) atoms. The molecular weight excluding hydrogens is 302 g/mol. The molecule has 2 heterocycles. The number of aromatic nitrogens is 1. The van der Waals surface area contributed by atoms with E-state index in [2.05, 4.69) is 0 Å². The van der Waals surface area contributed by atoms with Gasteiger partial charge in [0, 0.05) is 10.4 Å². The molecule has 1 unspecified atom stereocenters. The molecule has 1 aliphatic rings. The predicted molar refractivity (Wildman–Crippen MR) is 87.9 cm³/mol. The van der Waals surface area contributed by atoms with Crippen LogP contribution in [0.5, 0.6) is 0 Å². The van der Waals surface area contributed by atoms with Crippen molar-refractivity contribution in [3.8, 4) is 11.3 Å². The fourth-order valence-electron chi connectivity index (χ4n) is 2.52. The predicted octanol–water partition coefficient (Wildman–Crippen LogP) is 4.40. The topological polar surface area (TPSA) is 50.2 Å². The van der Waals surface area contributed by atoms with Crippen molar-refractivity contribution in [2.75, 3.05) is 5.75 Å². The molecule has 1 fully saturated rings. The molecule has 2 aromatic rings. The van der Waals surface area contributed by atoms with Crippen LogP contribution in [0.1, 0.15) is 34.4 Å². The van der Waals surface area contributed by atoms with Crippen LogP contribution in [0.3, 0.4) is 0 Å². The first kappa shape index (κ1) is 14.6. The Morgan fingerprint density at radius 1 is 1.29 bits per heavy atom.